The fourth-order valence-corrected chi connectivity index (χ4v) is 7.71. The standard InChI is InChI=1S/C27H48O2/c1-20(2)8-5-9-21(3)24-14-15-25-26(24,4)18-16-23-13-12-22(11-7-19-28)10-6-17-27(23,25)29/h6,10,20-25,28-29H,5,7-9,11-19H2,1-4H3/b10-6-/t21-,22+,23-,24-,25-,26-,27+/m1/s1. The van der Waals surface area contributed by atoms with Gasteiger partial charge in [0.2, 0.25) is 0 Å². The van der Waals surface area contributed by atoms with E-state index in [1.807, 2.05) is 0 Å². The molecule has 7 atom stereocenters. The van der Waals surface area contributed by atoms with Crippen LogP contribution in [0.1, 0.15) is 105 Å². The number of aliphatic hydroxyl groups excluding tert-OH is 1. The van der Waals surface area contributed by atoms with Crippen LogP contribution in [-0.2, 0) is 0 Å². The van der Waals surface area contributed by atoms with Gasteiger partial charge < -0.3 is 10.2 Å². The molecule has 0 bridgehead atoms. The van der Waals surface area contributed by atoms with Crippen molar-refractivity contribution in [1.82, 2.24) is 0 Å². The molecule has 3 aliphatic rings. The van der Waals surface area contributed by atoms with E-state index in [0.29, 0.717) is 29.8 Å². The minimum atomic E-state index is -0.488. The van der Waals surface area contributed by atoms with Crippen LogP contribution in [0.2, 0.25) is 0 Å². The van der Waals surface area contributed by atoms with Crippen molar-refractivity contribution in [1.29, 1.82) is 0 Å². The van der Waals surface area contributed by atoms with Crippen LogP contribution in [-0.4, -0.2) is 22.4 Å². The highest BCUT2D eigenvalue weighted by molar-refractivity contribution is 5.13. The first-order valence-corrected chi connectivity index (χ1v) is 12.8. The van der Waals surface area contributed by atoms with Gasteiger partial charge in [-0.2, -0.15) is 0 Å². The molecule has 0 aromatic rings. The molecule has 0 spiro atoms. The second-order valence-corrected chi connectivity index (χ2v) is 11.6. The van der Waals surface area contributed by atoms with E-state index in [9.17, 15) is 5.11 Å². The van der Waals surface area contributed by atoms with Crippen LogP contribution in [0, 0.1) is 40.9 Å². The van der Waals surface area contributed by atoms with Gasteiger partial charge in [0, 0.05) is 6.61 Å². The predicted molar refractivity (Wildman–Crippen MR) is 123 cm³/mol. The lowest BCUT2D eigenvalue weighted by molar-refractivity contribution is -0.149. The first kappa shape index (κ1) is 23.3. The second kappa shape index (κ2) is 9.86. The van der Waals surface area contributed by atoms with Crippen LogP contribution < -0.4 is 0 Å². The molecule has 2 N–H and O–H groups in total. The topological polar surface area (TPSA) is 40.5 Å². The summed E-state index contributed by atoms with van der Waals surface area (Å²) in [4.78, 5) is 0. The summed E-state index contributed by atoms with van der Waals surface area (Å²) in [7, 11) is 0. The van der Waals surface area contributed by atoms with Crippen LogP contribution >= 0.6 is 0 Å². The fraction of sp³-hybridized carbons (Fsp3) is 0.926. The van der Waals surface area contributed by atoms with Gasteiger partial charge in [0.15, 0.2) is 0 Å². The van der Waals surface area contributed by atoms with Crippen molar-refractivity contribution in [2.75, 3.05) is 6.61 Å². The SMILES string of the molecule is CC(C)CCC[C@@H](C)[C@H]1CC[C@@H]2[C@]1(C)CC[C@H]1CC[C@H](CCCO)/C=C\C[C@]12O. The first-order valence-electron chi connectivity index (χ1n) is 12.8. The van der Waals surface area contributed by atoms with Crippen molar-refractivity contribution in [2.24, 2.45) is 40.9 Å². The Labute approximate surface area is 180 Å². The summed E-state index contributed by atoms with van der Waals surface area (Å²) >= 11 is 0. The Bertz CT molecular complexity index is 541. The van der Waals surface area contributed by atoms with Gasteiger partial charge in [0.05, 0.1) is 5.60 Å². The van der Waals surface area contributed by atoms with E-state index >= 15 is 0 Å². The molecule has 0 radical (unpaired) electrons. The summed E-state index contributed by atoms with van der Waals surface area (Å²) in [6, 6.07) is 0. The molecule has 0 saturated heterocycles. The number of rotatable bonds is 8. The third-order valence-electron chi connectivity index (χ3n) is 9.35. The molecule has 2 heteroatoms. The fourth-order valence-electron chi connectivity index (χ4n) is 7.71. The van der Waals surface area contributed by atoms with Gasteiger partial charge in [-0.3, -0.25) is 0 Å². The average Bonchev–Trinajstić information content (AvgIpc) is 3.01. The van der Waals surface area contributed by atoms with Crippen molar-refractivity contribution in [3.05, 3.63) is 12.2 Å². The summed E-state index contributed by atoms with van der Waals surface area (Å²) < 4.78 is 0. The Morgan fingerprint density at radius 1 is 1.00 bits per heavy atom. The van der Waals surface area contributed by atoms with Gasteiger partial charge in [-0.05, 0) is 98.7 Å². The van der Waals surface area contributed by atoms with Gasteiger partial charge in [-0.1, -0.05) is 59.1 Å². The zero-order chi connectivity index (χ0) is 21.1. The zero-order valence-corrected chi connectivity index (χ0v) is 19.7. The number of fused-ring (bicyclic) bond motifs is 3. The lowest BCUT2D eigenvalue weighted by Gasteiger charge is -2.55. The molecule has 0 aliphatic heterocycles. The molecule has 29 heavy (non-hydrogen) atoms. The molecule has 0 aromatic carbocycles. The van der Waals surface area contributed by atoms with E-state index in [0.717, 1.165) is 43.4 Å². The predicted octanol–water partition coefficient (Wildman–Crippen LogP) is 6.75. The molecular formula is C27H48O2. The molecule has 3 aliphatic carbocycles. The number of hydrogen-bond donors (Lipinski definition) is 2. The Balaban J connectivity index is 1.69. The van der Waals surface area contributed by atoms with E-state index < -0.39 is 5.60 Å². The maximum absolute atomic E-state index is 12.1. The second-order valence-electron chi connectivity index (χ2n) is 11.6. The van der Waals surface area contributed by atoms with Gasteiger partial charge >= 0.3 is 0 Å². The van der Waals surface area contributed by atoms with Crippen LogP contribution in [0.3, 0.4) is 0 Å². The molecule has 0 aromatic heterocycles. The third kappa shape index (κ3) is 4.95. The molecule has 3 rings (SSSR count). The highest BCUT2D eigenvalue weighted by Crippen LogP contribution is 2.64. The average molecular weight is 405 g/mol. The van der Waals surface area contributed by atoms with E-state index in [4.69, 9.17) is 5.11 Å². The van der Waals surface area contributed by atoms with Gasteiger partial charge in [0.1, 0.15) is 0 Å². The Hall–Kier alpha value is -0.340. The number of allylic oxidation sites excluding steroid dienone is 1. The smallest absolute Gasteiger partial charge is 0.0743 e. The van der Waals surface area contributed by atoms with E-state index in [-0.39, 0.29) is 0 Å². The molecule has 2 nitrogen and oxygen atoms in total. The highest BCUT2D eigenvalue weighted by atomic mass is 16.3. The first-order chi connectivity index (χ1) is 13.8. The lowest BCUT2D eigenvalue weighted by Crippen LogP contribution is -2.55. The van der Waals surface area contributed by atoms with Crippen molar-refractivity contribution in [3.63, 3.8) is 0 Å². The quantitative estimate of drug-likeness (QED) is 0.439. The van der Waals surface area contributed by atoms with Crippen molar-refractivity contribution >= 4 is 0 Å². The Morgan fingerprint density at radius 2 is 1.79 bits per heavy atom. The molecule has 0 amide bonds. The minimum absolute atomic E-state index is 0.300. The zero-order valence-electron chi connectivity index (χ0n) is 19.7. The summed E-state index contributed by atoms with van der Waals surface area (Å²) in [5, 5.41) is 21.2. The molecule has 2 saturated carbocycles. The molecule has 0 unspecified atom stereocenters. The Morgan fingerprint density at radius 3 is 2.52 bits per heavy atom. The molecule has 168 valence electrons. The minimum Gasteiger partial charge on any atom is -0.396 e. The summed E-state index contributed by atoms with van der Waals surface area (Å²) in [5.41, 5.74) is -0.163. The van der Waals surface area contributed by atoms with E-state index in [1.165, 1.54) is 51.4 Å². The monoisotopic (exact) mass is 404 g/mol. The summed E-state index contributed by atoms with van der Waals surface area (Å²) in [5.74, 6) is 3.93. The van der Waals surface area contributed by atoms with Crippen molar-refractivity contribution in [2.45, 2.75) is 110 Å². The molecular weight excluding hydrogens is 356 g/mol. The third-order valence-corrected chi connectivity index (χ3v) is 9.35. The molecule has 2 fully saturated rings. The van der Waals surface area contributed by atoms with Gasteiger partial charge in [-0.25, -0.2) is 0 Å². The number of hydrogen-bond acceptors (Lipinski definition) is 2. The normalized spacial score (nSPS) is 42.0. The van der Waals surface area contributed by atoms with Crippen molar-refractivity contribution in [3.8, 4) is 0 Å². The lowest BCUT2D eigenvalue weighted by atomic mass is 9.52. The van der Waals surface area contributed by atoms with Crippen LogP contribution in [0.25, 0.3) is 0 Å². The largest absolute Gasteiger partial charge is 0.396 e. The van der Waals surface area contributed by atoms with Crippen LogP contribution in [0.4, 0.5) is 0 Å². The molecule has 0 heterocycles. The van der Waals surface area contributed by atoms with E-state index in [2.05, 4.69) is 39.8 Å². The van der Waals surface area contributed by atoms with Gasteiger partial charge in [-0.15, -0.1) is 0 Å². The van der Waals surface area contributed by atoms with E-state index in [1.54, 1.807) is 0 Å². The number of aliphatic hydroxyl groups is 2. The highest BCUT2D eigenvalue weighted by Gasteiger charge is 2.60. The Kier molecular flexibility index (Phi) is 7.93. The maximum Gasteiger partial charge on any atom is 0.0743 e. The summed E-state index contributed by atoms with van der Waals surface area (Å²) in [6.07, 6.45) is 19.0. The summed E-state index contributed by atoms with van der Waals surface area (Å²) in [6.45, 7) is 10.0. The van der Waals surface area contributed by atoms with Crippen LogP contribution in [0.5, 0.6) is 0 Å². The maximum atomic E-state index is 12.1. The van der Waals surface area contributed by atoms with Crippen LogP contribution in [0.15, 0.2) is 12.2 Å². The van der Waals surface area contributed by atoms with Crippen molar-refractivity contribution < 1.29 is 10.2 Å². The van der Waals surface area contributed by atoms with Gasteiger partial charge in [0.25, 0.3) is 0 Å².